The smallest absolute Gasteiger partial charge is 0.273 e. The fourth-order valence-corrected chi connectivity index (χ4v) is 3.09. The summed E-state index contributed by atoms with van der Waals surface area (Å²) in [6.45, 7) is 1.48. The van der Waals surface area contributed by atoms with Crippen LogP contribution in [0.2, 0.25) is 0 Å². The first kappa shape index (κ1) is 18.4. The van der Waals surface area contributed by atoms with Crippen molar-refractivity contribution in [3.8, 4) is 5.75 Å². The normalized spacial score (nSPS) is 11.1. The molecule has 0 aromatic heterocycles. The van der Waals surface area contributed by atoms with Crippen LogP contribution in [0, 0.1) is 10.1 Å². The van der Waals surface area contributed by atoms with Gasteiger partial charge in [0.2, 0.25) is 5.91 Å². The lowest BCUT2D eigenvalue weighted by molar-refractivity contribution is -0.385. The van der Waals surface area contributed by atoms with Gasteiger partial charge in [-0.3, -0.25) is 14.9 Å². The van der Waals surface area contributed by atoms with Crippen molar-refractivity contribution in [3.63, 3.8) is 0 Å². The third kappa shape index (κ3) is 4.32. The van der Waals surface area contributed by atoms with Gasteiger partial charge in [-0.15, -0.1) is 0 Å². The number of carbonyl (C=O) groups excluding carboxylic acids is 1. The van der Waals surface area contributed by atoms with Crippen molar-refractivity contribution in [2.24, 2.45) is 0 Å². The summed E-state index contributed by atoms with van der Waals surface area (Å²) < 4.78 is 23.8. The van der Waals surface area contributed by atoms with Crippen LogP contribution in [0.5, 0.6) is 5.75 Å². The van der Waals surface area contributed by atoms with Gasteiger partial charge in [-0.05, 0) is 18.2 Å². The summed E-state index contributed by atoms with van der Waals surface area (Å²) >= 11 is 0. The largest absolute Gasteiger partial charge is 0.506 e. The standard InChI is InChI=1S/C16H16N2O6S/c1-2-25(23,24)12-7-8-15(19)13(10-12)17-16(20)9-11-5-3-4-6-14(11)18(21)22/h3-8,10,19H,2,9H2,1H3,(H,17,20). The van der Waals surface area contributed by atoms with Crippen LogP contribution in [0.15, 0.2) is 47.4 Å². The number of benzene rings is 2. The molecule has 0 heterocycles. The highest BCUT2D eigenvalue weighted by molar-refractivity contribution is 7.91. The van der Waals surface area contributed by atoms with E-state index in [2.05, 4.69) is 5.32 Å². The minimum absolute atomic E-state index is 0.0335. The topological polar surface area (TPSA) is 127 Å². The highest BCUT2D eigenvalue weighted by Crippen LogP contribution is 2.27. The number of carbonyl (C=O) groups is 1. The molecular formula is C16H16N2O6S. The molecule has 2 aromatic carbocycles. The van der Waals surface area contributed by atoms with Crippen molar-refractivity contribution in [1.29, 1.82) is 0 Å². The molecule has 2 aromatic rings. The Kier molecular flexibility index (Phi) is 5.38. The molecule has 0 saturated carbocycles. The van der Waals surface area contributed by atoms with Crippen LogP contribution in [0.3, 0.4) is 0 Å². The maximum atomic E-state index is 12.1. The first-order chi connectivity index (χ1) is 11.7. The number of sulfone groups is 1. The first-order valence-corrected chi connectivity index (χ1v) is 8.97. The molecule has 2 N–H and O–H groups in total. The number of nitrogens with one attached hydrogen (secondary N) is 1. The molecule has 0 unspecified atom stereocenters. The van der Waals surface area contributed by atoms with E-state index in [4.69, 9.17) is 0 Å². The number of anilines is 1. The van der Waals surface area contributed by atoms with Gasteiger partial charge in [-0.1, -0.05) is 25.1 Å². The predicted molar refractivity (Wildman–Crippen MR) is 91.3 cm³/mol. The number of rotatable bonds is 6. The Morgan fingerprint density at radius 1 is 1.24 bits per heavy atom. The quantitative estimate of drug-likeness (QED) is 0.460. The maximum Gasteiger partial charge on any atom is 0.273 e. The van der Waals surface area contributed by atoms with Gasteiger partial charge in [0, 0.05) is 11.6 Å². The van der Waals surface area contributed by atoms with Crippen LogP contribution in [-0.2, 0) is 21.1 Å². The lowest BCUT2D eigenvalue weighted by Gasteiger charge is -2.10. The average molecular weight is 364 g/mol. The lowest BCUT2D eigenvalue weighted by Crippen LogP contribution is -2.16. The van der Waals surface area contributed by atoms with E-state index in [1.165, 1.54) is 37.3 Å². The van der Waals surface area contributed by atoms with E-state index < -0.39 is 20.7 Å². The number of nitro benzene ring substituents is 1. The third-order valence-corrected chi connectivity index (χ3v) is 5.25. The Morgan fingerprint density at radius 3 is 2.56 bits per heavy atom. The van der Waals surface area contributed by atoms with E-state index in [1.54, 1.807) is 6.07 Å². The minimum Gasteiger partial charge on any atom is -0.506 e. The number of para-hydroxylation sites is 1. The second-order valence-corrected chi connectivity index (χ2v) is 7.47. The van der Waals surface area contributed by atoms with Crippen molar-refractivity contribution in [2.75, 3.05) is 11.1 Å². The minimum atomic E-state index is -3.50. The van der Waals surface area contributed by atoms with Crippen molar-refractivity contribution >= 4 is 27.1 Å². The molecule has 8 nitrogen and oxygen atoms in total. The van der Waals surface area contributed by atoms with Crippen molar-refractivity contribution in [1.82, 2.24) is 0 Å². The SMILES string of the molecule is CCS(=O)(=O)c1ccc(O)c(NC(=O)Cc2ccccc2[N+](=O)[O-])c1. The van der Waals surface area contributed by atoms with Crippen molar-refractivity contribution in [3.05, 3.63) is 58.1 Å². The van der Waals surface area contributed by atoms with Crippen LogP contribution < -0.4 is 5.32 Å². The number of nitro groups is 1. The third-order valence-electron chi connectivity index (χ3n) is 3.52. The fraction of sp³-hybridized carbons (Fsp3) is 0.188. The van der Waals surface area contributed by atoms with Gasteiger partial charge in [-0.25, -0.2) is 8.42 Å². The molecule has 132 valence electrons. The number of phenolic OH excluding ortho intramolecular Hbond substituents is 1. The fourth-order valence-electron chi connectivity index (χ4n) is 2.18. The molecular weight excluding hydrogens is 348 g/mol. The molecule has 0 radical (unpaired) electrons. The van der Waals surface area contributed by atoms with Gasteiger partial charge in [0.25, 0.3) is 5.69 Å². The summed E-state index contributed by atoms with van der Waals surface area (Å²) in [6, 6.07) is 9.37. The number of nitrogens with zero attached hydrogens (tertiary/aromatic N) is 1. The van der Waals surface area contributed by atoms with Crippen LogP contribution in [0.1, 0.15) is 12.5 Å². The predicted octanol–water partition coefficient (Wildman–Crippen LogP) is 2.28. The number of hydrogen-bond donors (Lipinski definition) is 2. The highest BCUT2D eigenvalue weighted by atomic mass is 32.2. The molecule has 1 amide bonds. The molecule has 0 aliphatic carbocycles. The van der Waals surface area contributed by atoms with E-state index in [9.17, 15) is 28.4 Å². The number of aromatic hydroxyl groups is 1. The highest BCUT2D eigenvalue weighted by Gasteiger charge is 2.18. The van der Waals surface area contributed by atoms with Crippen LogP contribution in [-0.4, -0.2) is 30.1 Å². The van der Waals surface area contributed by atoms with Crippen LogP contribution >= 0.6 is 0 Å². The zero-order chi connectivity index (χ0) is 18.6. The summed E-state index contributed by atoms with van der Waals surface area (Å²) in [5.41, 5.74) is -0.0517. The van der Waals surface area contributed by atoms with Crippen molar-refractivity contribution < 1.29 is 23.2 Å². The zero-order valence-electron chi connectivity index (χ0n) is 13.3. The summed E-state index contributed by atoms with van der Waals surface area (Å²) in [5, 5.41) is 23.2. The van der Waals surface area contributed by atoms with Gasteiger partial charge >= 0.3 is 0 Å². The Balaban J connectivity index is 2.24. The number of phenols is 1. The van der Waals surface area contributed by atoms with E-state index in [0.717, 1.165) is 6.07 Å². The van der Waals surface area contributed by atoms with Crippen LogP contribution in [0.25, 0.3) is 0 Å². The Labute approximate surface area is 144 Å². The Morgan fingerprint density at radius 2 is 1.92 bits per heavy atom. The first-order valence-electron chi connectivity index (χ1n) is 7.32. The Bertz CT molecular complexity index is 924. The van der Waals surface area contributed by atoms with Crippen LogP contribution in [0.4, 0.5) is 11.4 Å². The molecule has 0 bridgehead atoms. The molecule has 0 aliphatic rings. The lowest BCUT2D eigenvalue weighted by atomic mass is 10.1. The van der Waals surface area contributed by atoms with E-state index in [0.29, 0.717) is 0 Å². The van der Waals surface area contributed by atoms with Gasteiger partial charge in [0.15, 0.2) is 9.84 Å². The molecule has 0 atom stereocenters. The molecule has 2 rings (SSSR count). The second-order valence-electron chi connectivity index (χ2n) is 5.19. The molecule has 0 aliphatic heterocycles. The van der Waals surface area contributed by atoms with E-state index in [-0.39, 0.29) is 39.8 Å². The molecule has 9 heteroatoms. The summed E-state index contributed by atoms with van der Waals surface area (Å²) in [4.78, 5) is 22.5. The Hall–Kier alpha value is -2.94. The van der Waals surface area contributed by atoms with Gasteiger partial charge < -0.3 is 10.4 Å². The van der Waals surface area contributed by atoms with E-state index >= 15 is 0 Å². The summed E-state index contributed by atoms with van der Waals surface area (Å²) in [6.07, 6.45) is -0.290. The number of amides is 1. The molecule has 0 fully saturated rings. The van der Waals surface area contributed by atoms with Gasteiger partial charge in [0.05, 0.1) is 27.7 Å². The summed E-state index contributed by atoms with van der Waals surface area (Å²) in [5.74, 6) is -1.04. The van der Waals surface area contributed by atoms with E-state index in [1.807, 2.05) is 0 Å². The van der Waals surface area contributed by atoms with Gasteiger partial charge in [0.1, 0.15) is 5.75 Å². The van der Waals surface area contributed by atoms with Gasteiger partial charge in [-0.2, -0.15) is 0 Å². The summed E-state index contributed by atoms with van der Waals surface area (Å²) in [7, 11) is -3.50. The monoisotopic (exact) mass is 364 g/mol. The maximum absolute atomic E-state index is 12.1. The molecule has 0 saturated heterocycles. The van der Waals surface area contributed by atoms with Crippen molar-refractivity contribution in [2.45, 2.75) is 18.2 Å². The molecule has 0 spiro atoms. The zero-order valence-corrected chi connectivity index (χ0v) is 14.1. The second kappa shape index (κ2) is 7.31. The molecule has 25 heavy (non-hydrogen) atoms. The number of hydrogen-bond acceptors (Lipinski definition) is 6. The average Bonchev–Trinajstić information content (AvgIpc) is 2.57.